The molecule has 0 saturated carbocycles. The fourth-order valence-electron chi connectivity index (χ4n) is 1.99. The number of hydrogen-bond acceptors (Lipinski definition) is 2. The third kappa shape index (κ3) is 4.34. The van der Waals surface area contributed by atoms with Gasteiger partial charge in [0.15, 0.2) is 0 Å². The number of fused-ring (bicyclic) bond motifs is 1. The molecule has 5 nitrogen and oxygen atoms in total. The Morgan fingerprint density at radius 2 is 2.00 bits per heavy atom. The first-order valence-corrected chi connectivity index (χ1v) is 7.18. The topological polar surface area (TPSA) is 74.0 Å². The van der Waals surface area contributed by atoms with Crippen molar-refractivity contribution >= 4 is 22.7 Å². The highest BCUT2D eigenvalue weighted by atomic mass is 16.2. The van der Waals surface area contributed by atoms with Crippen molar-refractivity contribution in [3.63, 3.8) is 0 Å². The lowest BCUT2D eigenvalue weighted by molar-refractivity contribution is -0.121. The smallest absolute Gasteiger partial charge is 0.251 e. The van der Waals surface area contributed by atoms with Crippen LogP contribution in [0.25, 0.3) is 10.9 Å². The van der Waals surface area contributed by atoms with E-state index in [1.165, 1.54) is 0 Å². The normalized spacial score (nSPS) is 10.8. The number of aromatic nitrogens is 1. The van der Waals surface area contributed by atoms with Crippen LogP contribution in [-0.4, -0.2) is 29.9 Å². The summed E-state index contributed by atoms with van der Waals surface area (Å²) in [7, 11) is 0. The van der Waals surface area contributed by atoms with Gasteiger partial charge < -0.3 is 15.6 Å². The van der Waals surface area contributed by atoms with E-state index >= 15 is 0 Å². The summed E-state index contributed by atoms with van der Waals surface area (Å²) in [6.07, 6.45) is 2.13. The summed E-state index contributed by atoms with van der Waals surface area (Å²) >= 11 is 0. The number of aromatic amines is 1. The molecule has 1 aromatic heterocycles. The summed E-state index contributed by atoms with van der Waals surface area (Å²) in [5.74, 6) is 0.225. The Kier molecular flexibility index (Phi) is 4.98. The lowest BCUT2D eigenvalue weighted by Gasteiger charge is -2.08. The van der Waals surface area contributed by atoms with E-state index in [9.17, 15) is 9.59 Å². The lowest BCUT2D eigenvalue weighted by atomic mass is 10.1. The zero-order valence-corrected chi connectivity index (χ0v) is 12.4. The quantitative estimate of drug-likeness (QED) is 0.761. The molecule has 1 aromatic carbocycles. The molecule has 5 heteroatoms. The molecule has 1 heterocycles. The van der Waals surface area contributed by atoms with Crippen molar-refractivity contribution in [1.29, 1.82) is 0 Å². The van der Waals surface area contributed by atoms with Crippen LogP contribution in [0.5, 0.6) is 0 Å². The van der Waals surface area contributed by atoms with Gasteiger partial charge in [-0.25, -0.2) is 0 Å². The number of hydrogen-bond donors (Lipinski definition) is 3. The molecule has 2 aromatic rings. The van der Waals surface area contributed by atoms with Crippen LogP contribution in [0.1, 0.15) is 30.6 Å². The molecular weight excluding hydrogens is 266 g/mol. The molecular formula is C16H21N3O2. The highest BCUT2D eigenvalue weighted by molar-refractivity contribution is 5.98. The van der Waals surface area contributed by atoms with Gasteiger partial charge in [0, 0.05) is 36.8 Å². The Morgan fingerprint density at radius 1 is 1.19 bits per heavy atom. The Bertz CT molecular complexity index is 631. The van der Waals surface area contributed by atoms with Gasteiger partial charge in [0.05, 0.1) is 0 Å². The Hall–Kier alpha value is -2.30. The molecule has 2 amide bonds. The average Bonchev–Trinajstić information content (AvgIpc) is 2.92. The van der Waals surface area contributed by atoms with Crippen molar-refractivity contribution in [2.24, 2.45) is 5.92 Å². The second-order valence-electron chi connectivity index (χ2n) is 5.48. The molecule has 0 bridgehead atoms. The van der Waals surface area contributed by atoms with Crippen molar-refractivity contribution in [2.75, 3.05) is 13.1 Å². The summed E-state index contributed by atoms with van der Waals surface area (Å²) in [4.78, 5) is 26.6. The second kappa shape index (κ2) is 6.92. The maximum absolute atomic E-state index is 12.0. The van der Waals surface area contributed by atoms with Gasteiger partial charge in [0.25, 0.3) is 5.91 Å². The zero-order valence-electron chi connectivity index (χ0n) is 12.4. The van der Waals surface area contributed by atoms with E-state index in [1.807, 2.05) is 38.2 Å². The van der Waals surface area contributed by atoms with Crippen LogP contribution in [0.15, 0.2) is 30.5 Å². The van der Waals surface area contributed by atoms with Gasteiger partial charge in [-0.1, -0.05) is 19.9 Å². The van der Waals surface area contributed by atoms with E-state index in [4.69, 9.17) is 0 Å². The molecule has 0 aliphatic heterocycles. The molecule has 0 radical (unpaired) electrons. The summed E-state index contributed by atoms with van der Waals surface area (Å²) in [5, 5.41) is 6.65. The first-order valence-electron chi connectivity index (χ1n) is 7.18. The maximum atomic E-state index is 12.0. The molecule has 0 spiro atoms. The third-order valence-electron chi connectivity index (χ3n) is 3.16. The second-order valence-corrected chi connectivity index (χ2v) is 5.48. The number of rotatable bonds is 6. The van der Waals surface area contributed by atoms with Crippen molar-refractivity contribution in [1.82, 2.24) is 15.6 Å². The number of carbonyl (C=O) groups is 2. The van der Waals surface area contributed by atoms with E-state index < -0.39 is 0 Å². The van der Waals surface area contributed by atoms with Gasteiger partial charge in [-0.15, -0.1) is 0 Å². The predicted molar refractivity (Wildman–Crippen MR) is 83.1 cm³/mol. The monoisotopic (exact) mass is 287 g/mol. The molecule has 0 fully saturated rings. The van der Waals surface area contributed by atoms with Crippen LogP contribution in [0.2, 0.25) is 0 Å². The fraction of sp³-hybridized carbons (Fsp3) is 0.375. The van der Waals surface area contributed by atoms with E-state index in [-0.39, 0.29) is 11.8 Å². The van der Waals surface area contributed by atoms with Gasteiger partial charge in [0.1, 0.15) is 0 Å². The van der Waals surface area contributed by atoms with E-state index in [0.717, 1.165) is 10.9 Å². The summed E-state index contributed by atoms with van der Waals surface area (Å²) in [6.45, 7) is 5.08. The lowest BCUT2D eigenvalue weighted by Crippen LogP contribution is -2.32. The van der Waals surface area contributed by atoms with E-state index in [2.05, 4.69) is 15.6 Å². The SMILES string of the molecule is CC(C)CNC(=O)CCNC(=O)c1ccc2cc[nH]c2c1. The number of benzene rings is 1. The van der Waals surface area contributed by atoms with E-state index in [0.29, 0.717) is 31.0 Å². The minimum Gasteiger partial charge on any atom is -0.361 e. The molecule has 0 atom stereocenters. The molecule has 21 heavy (non-hydrogen) atoms. The summed E-state index contributed by atoms with van der Waals surface area (Å²) in [5.41, 5.74) is 1.52. The number of amides is 2. The van der Waals surface area contributed by atoms with Gasteiger partial charge in [-0.05, 0) is 29.5 Å². The minimum absolute atomic E-state index is 0.0381. The largest absolute Gasteiger partial charge is 0.361 e. The average molecular weight is 287 g/mol. The summed E-state index contributed by atoms with van der Waals surface area (Å²) in [6, 6.07) is 7.44. The molecule has 0 saturated heterocycles. The maximum Gasteiger partial charge on any atom is 0.251 e. The number of H-pyrrole nitrogens is 1. The Labute approximate surface area is 124 Å². The minimum atomic E-state index is -0.164. The van der Waals surface area contributed by atoms with Crippen LogP contribution >= 0.6 is 0 Å². The molecule has 0 aliphatic carbocycles. The highest BCUT2D eigenvalue weighted by Gasteiger charge is 2.08. The van der Waals surface area contributed by atoms with Crippen LogP contribution in [0.3, 0.4) is 0 Å². The van der Waals surface area contributed by atoms with Crippen molar-refractivity contribution in [2.45, 2.75) is 20.3 Å². The molecule has 0 aliphatic rings. The zero-order chi connectivity index (χ0) is 15.2. The van der Waals surface area contributed by atoms with Gasteiger partial charge in [-0.3, -0.25) is 9.59 Å². The number of nitrogens with one attached hydrogen (secondary N) is 3. The van der Waals surface area contributed by atoms with Crippen LogP contribution in [-0.2, 0) is 4.79 Å². The van der Waals surface area contributed by atoms with Crippen molar-refractivity contribution in [3.05, 3.63) is 36.0 Å². The van der Waals surface area contributed by atoms with Crippen LogP contribution in [0.4, 0.5) is 0 Å². The van der Waals surface area contributed by atoms with Gasteiger partial charge >= 0.3 is 0 Å². The third-order valence-corrected chi connectivity index (χ3v) is 3.16. The summed E-state index contributed by atoms with van der Waals surface area (Å²) < 4.78 is 0. The first kappa shape index (κ1) is 15.1. The standard InChI is InChI=1S/C16H21N3O2/c1-11(2)10-19-15(20)6-8-18-16(21)13-4-3-12-5-7-17-14(12)9-13/h3-5,7,9,11,17H,6,8,10H2,1-2H3,(H,18,21)(H,19,20). The molecule has 112 valence electrons. The predicted octanol–water partition coefficient (Wildman–Crippen LogP) is 2.06. The van der Waals surface area contributed by atoms with Crippen molar-refractivity contribution < 1.29 is 9.59 Å². The number of carbonyl (C=O) groups excluding carboxylic acids is 2. The first-order chi connectivity index (χ1) is 10.1. The fourth-order valence-corrected chi connectivity index (χ4v) is 1.99. The highest BCUT2D eigenvalue weighted by Crippen LogP contribution is 2.13. The van der Waals surface area contributed by atoms with Gasteiger partial charge in [-0.2, -0.15) is 0 Å². The van der Waals surface area contributed by atoms with Crippen molar-refractivity contribution in [3.8, 4) is 0 Å². The Morgan fingerprint density at radius 3 is 2.76 bits per heavy atom. The molecule has 0 unspecified atom stereocenters. The van der Waals surface area contributed by atoms with Crippen LogP contribution in [0, 0.1) is 5.92 Å². The van der Waals surface area contributed by atoms with E-state index in [1.54, 1.807) is 6.07 Å². The molecule has 3 N–H and O–H groups in total. The molecule has 2 rings (SSSR count). The Balaban J connectivity index is 1.80. The van der Waals surface area contributed by atoms with Gasteiger partial charge in [0.2, 0.25) is 5.91 Å². The van der Waals surface area contributed by atoms with Crippen LogP contribution < -0.4 is 10.6 Å².